The lowest BCUT2D eigenvalue weighted by atomic mass is 10.1. The molecule has 0 spiro atoms. The normalized spacial score (nSPS) is 12.2. The van der Waals surface area contributed by atoms with Crippen LogP contribution in [0.4, 0.5) is 4.39 Å². The molecule has 1 atom stereocenters. The zero-order valence-corrected chi connectivity index (χ0v) is 11.1. The first kappa shape index (κ1) is 14.0. The first-order valence-electron chi connectivity index (χ1n) is 6.10. The summed E-state index contributed by atoms with van der Waals surface area (Å²) in [5.41, 5.74) is 4.85. The fourth-order valence-electron chi connectivity index (χ4n) is 1.66. The Labute approximate surface area is 114 Å². The van der Waals surface area contributed by atoms with Gasteiger partial charge in [-0.1, -0.05) is 18.1 Å². The van der Waals surface area contributed by atoms with E-state index in [4.69, 9.17) is 15.0 Å². The first-order valence-corrected chi connectivity index (χ1v) is 6.10. The zero-order valence-electron chi connectivity index (χ0n) is 11.1. The van der Waals surface area contributed by atoms with Crippen LogP contribution >= 0.6 is 0 Å². The molecule has 2 N–H and O–H groups in total. The SMILES string of the molecule is CCc1noc([C@@H](C)Oc2cccc(F)c2C(N)=O)n1. The van der Waals surface area contributed by atoms with E-state index in [1.54, 1.807) is 6.92 Å². The molecule has 0 aliphatic carbocycles. The number of amides is 1. The Hall–Kier alpha value is -2.44. The molecule has 0 bridgehead atoms. The molecule has 6 nitrogen and oxygen atoms in total. The minimum absolute atomic E-state index is 0.0428. The van der Waals surface area contributed by atoms with Crippen LogP contribution in [0, 0.1) is 5.82 Å². The Bertz CT molecular complexity index is 627. The van der Waals surface area contributed by atoms with Crippen molar-refractivity contribution in [2.75, 3.05) is 0 Å². The second-order valence-corrected chi connectivity index (χ2v) is 4.14. The molecular formula is C13H14FN3O3. The quantitative estimate of drug-likeness (QED) is 0.903. The molecule has 7 heteroatoms. The topological polar surface area (TPSA) is 91.2 Å². The summed E-state index contributed by atoms with van der Waals surface area (Å²) in [4.78, 5) is 15.4. The minimum Gasteiger partial charge on any atom is -0.480 e. The summed E-state index contributed by atoms with van der Waals surface area (Å²) in [6.07, 6.45) is 0.00520. The van der Waals surface area contributed by atoms with Crippen LogP contribution in [-0.2, 0) is 6.42 Å². The van der Waals surface area contributed by atoms with Crippen molar-refractivity contribution in [2.45, 2.75) is 26.4 Å². The van der Waals surface area contributed by atoms with Crippen LogP contribution in [0.3, 0.4) is 0 Å². The molecule has 1 aromatic heterocycles. The molecule has 0 aliphatic heterocycles. The number of aromatic nitrogens is 2. The average Bonchev–Trinajstić information content (AvgIpc) is 2.87. The summed E-state index contributed by atoms with van der Waals surface area (Å²) in [7, 11) is 0. The van der Waals surface area contributed by atoms with Crippen LogP contribution in [0.2, 0.25) is 0 Å². The number of primary amides is 1. The number of rotatable bonds is 5. The van der Waals surface area contributed by atoms with Crippen LogP contribution in [0.25, 0.3) is 0 Å². The third kappa shape index (κ3) is 2.76. The van der Waals surface area contributed by atoms with Crippen LogP contribution in [0.15, 0.2) is 22.7 Å². The van der Waals surface area contributed by atoms with E-state index in [1.807, 2.05) is 6.92 Å². The van der Waals surface area contributed by atoms with E-state index in [-0.39, 0.29) is 17.2 Å². The predicted octanol–water partition coefficient (Wildman–Crippen LogP) is 2.01. The Morgan fingerprint density at radius 2 is 2.30 bits per heavy atom. The van der Waals surface area contributed by atoms with Gasteiger partial charge in [-0.05, 0) is 19.1 Å². The summed E-state index contributed by atoms with van der Waals surface area (Å²) in [5, 5.41) is 3.74. The standard InChI is InChI=1S/C13H14FN3O3/c1-3-10-16-13(20-17-10)7(2)19-9-6-4-5-8(14)11(9)12(15)18/h4-7H,3H2,1-2H3,(H2,15,18)/t7-/m1/s1. The predicted molar refractivity (Wildman–Crippen MR) is 67.6 cm³/mol. The molecule has 1 heterocycles. The number of ether oxygens (including phenoxy) is 1. The summed E-state index contributed by atoms with van der Waals surface area (Å²) in [5.74, 6) is -0.792. The molecule has 0 aliphatic rings. The van der Waals surface area contributed by atoms with Crippen molar-refractivity contribution in [1.29, 1.82) is 0 Å². The van der Waals surface area contributed by atoms with Gasteiger partial charge in [-0.15, -0.1) is 0 Å². The summed E-state index contributed by atoms with van der Waals surface area (Å²) >= 11 is 0. The monoisotopic (exact) mass is 279 g/mol. The van der Waals surface area contributed by atoms with Gasteiger partial charge < -0.3 is 15.0 Å². The van der Waals surface area contributed by atoms with Gasteiger partial charge in [-0.25, -0.2) is 4.39 Å². The molecule has 106 valence electrons. The van der Waals surface area contributed by atoms with Crippen LogP contribution in [0.1, 0.15) is 42.0 Å². The average molecular weight is 279 g/mol. The lowest BCUT2D eigenvalue weighted by molar-refractivity contribution is 0.0986. The molecule has 2 aromatic rings. The van der Waals surface area contributed by atoms with E-state index in [2.05, 4.69) is 10.1 Å². The number of aryl methyl sites for hydroxylation is 1. The molecule has 0 fully saturated rings. The number of carbonyl (C=O) groups is 1. The fraction of sp³-hybridized carbons (Fsp3) is 0.308. The highest BCUT2D eigenvalue weighted by atomic mass is 19.1. The number of nitrogens with zero attached hydrogens (tertiary/aromatic N) is 2. The Balaban J connectivity index is 2.25. The zero-order chi connectivity index (χ0) is 14.7. The van der Waals surface area contributed by atoms with E-state index in [1.165, 1.54) is 12.1 Å². The first-order chi connectivity index (χ1) is 9.52. The van der Waals surface area contributed by atoms with Crippen molar-refractivity contribution in [3.8, 4) is 5.75 Å². The highest BCUT2D eigenvalue weighted by Crippen LogP contribution is 2.26. The van der Waals surface area contributed by atoms with Gasteiger partial charge in [0.2, 0.25) is 0 Å². The molecule has 0 saturated heterocycles. The minimum atomic E-state index is -0.898. The van der Waals surface area contributed by atoms with Gasteiger partial charge in [0.05, 0.1) is 0 Å². The van der Waals surface area contributed by atoms with Gasteiger partial charge in [0.15, 0.2) is 11.9 Å². The lowest BCUT2D eigenvalue weighted by Gasteiger charge is -2.13. The number of benzene rings is 1. The molecule has 0 saturated carbocycles. The fourth-order valence-corrected chi connectivity index (χ4v) is 1.66. The van der Waals surface area contributed by atoms with Crippen molar-refractivity contribution < 1.29 is 18.4 Å². The van der Waals surface area contributed by atoms with E-state index in [9.17, 15) is 9.18 Å². The largest absolute Gasteiger partial charge is 0.480 e. The van der Waals surface area contributed by atoms with Gasteiger partial charge in [-0.3, -0.25) is 4.79 Å². The number of nitrogens with two attached hydrogens (primary N) is 1. The van der Waals surface area contributed by atoms with Crippen molar-refractivity contribution in [2.24, 2.45) is 5.73 Å². The highest BCUT2D eigenvalue weighted by Gasteiger charge is 2.20. The maximum Gasteiger partial charge on any atom is 0.267 e. The van der Waals surface area contributed by atoms with Gasteiger partial charge in [-0.2, -0.15) is 4.98 Å². The lowest BCUT2D eigenvalue weighted by Crippen LogP contribution is -2.16. The highest BCUT2D eigenvalue weighted by molar-refractivity contribution is 5.95. The molecule has 0 radical (unpaired) electrons. The van der Waals surface area contributed by atoms with Gasteiger partial charge >= 0.3 is 0 Å². The maximum absolute atomic E-state index is 13.6. The Morgan fingerprint density at radius 3 is 2.90 bits per heavy atom. The van der Waals surface area contributed by atoms with E-state index in [0.29, 0.717) is 12.2 Å². The van der Waals surface area contributed by atoms with Crippen LogP contribution < -0.4 is 10.5 Å². The molecular weight excluding hydrogens is 265 g/mol. The van der Waals surface area contributed by atoms with Gasteiger partial charge in [0.1, 0.15) is 17.1 Å². The molecule has 1 aromatic carbocycles. The Kier molecular flexibility index (Phi) is 3.97. The number of carbonyl (C=O) groups excluding carboxylic acids is 1. The van der Waals surface area contributed by atoms with Gasteiger partial charge in [0, 0.05) is 6.42 Å². The number of hydrogen-bond acceptors (Lipinski definition) is 5. The van der Waals surface area contributed by atoms with Crippen molar-refractivity contribution in [3.05, 3.63) is 41.3 Å². The Morgan fingerprint density at radius 1 is 1.55 bits per heavy atom. The van der Waals surface area contributed by atoms with Crippen molar-refractivity contribution in [1.82, 2.24) is 10.1 Å². The molecule has 20 heavy (non-hydrogen) atoms. The number of halogens is 1. The molecule has 1 amide bonds. The second kappa shape index (κ2) is 5.68. The van der Waals surface area contributed by atoms with E-state index >= 15 is 0 Å². The van der Waals surface area contributed by atoms with Crippen molar-refractivity contribution in [3.63, 3.8) is 0 Å². The molecule has 0 unspecified atom stereocenters. The van der Waals surface area contributed by atoms with E-state index in [0.717, 1.165) is 6.07 Å². The third-order valence-corrected chi connectivity index (χ3v) is 2.67. The molecule has 2 rings (SSSR count). The summed E-state index contributed by atoms with van der Waals surface area (Å²) < 4.78 is 24.1. The van der Waals surface area contributed by atoms with Crippen molar-refractivity contribution >= 4 is 5.91 Å². The summed E-state index contributed by atoms with van der Waals surface area (Å²) in [6, 6.07) is 4.02. The van der Waals surface area contributed by atoms with Crippen LogP contribution in [0.5, 0.6) is 5.75 Å². The van der Waals surface area contributed by atoms with Gasteiger partial charge in [0.25, 0.3) is 11.8 Å². The maximum atomic E-state index is 13.6. The second-order valence-electron chi connectivity index (χ2n) is 4.14. The smallest absolute Gasteiger partial charge is 0.267 e. The van der Waals surface area contributed by atoms with Crippen LogP contribution in [-0.4, -0.2) is 16.0 Å². The third-order valence-electron chi connectivity index (χ3n) is 2.67. The van der Waals surface area contributed by atoms with E-state index < -0.39 is 17.8 Å². The number of hydrogen-bond donors (Lipinski definition) is 1. The summed E-state index contributed by atoms with van der Waals surface area (Å²) in [6.45, 7) is 3.54.